The summed E-state index contributed by atoms with van der Waals surface area (Å²) in [7, 11) is 0. The Morgan fingerprint density at radius 3 is 2.71 bits per heavy atom. The summed E-state index contributed by atoms with van der Waals surface area (Å²) >= 11 is 1.58. The fourth-order valence-electron chi connectivity index (χ4n) is 2.16. The van der Waals surface area contributed by atoms with Crippen LogP contribution in [-0.4, -0.2) is 21.6 Å². The smallest absolute Gasteiger partial charge is 0.323 e. The zero-order valence-electron chi connectivity index (χ0n) is 12.3. The van der Waals surface area contributed by atoms with Gasteiger partial charge in [-0.3, -0.25) is 10.1 Å². The molecule has 0 aliphatic rings. The maximum absolute atomic E-state index is 11.4. The molecule has 0 aliphatic carbocycles. The van der Waals surface area contributed by atoms with Crippen LogP contribution < -0.4 is 5.32 Å². The second-order valence-electron chi connectivity index (χ2n) is 5.25. The van der Waals surface area contributed by atoms with E-state index in [1.165, 1.54) is 0 Å². The van der Waals surface area contributed by atoms with Gasteiger partial charge in [0.2, 0.25) is 0 Å². The van der Waals surface area contributed by atoms with Gasteiger partial charge in [-0.2, -0.15) is 0 Å². The molecule has 2 rings (SSSR count). The van der Waals surface area contributed by atoms with E-state index in [4.69, 9.17) is 0 Å². The molecule has 0 fully saturated rings. The number of aromatic nitrogens is 1. The third-order valence-corrected chi connectivity index (χ3v) is 4.39. The molecule has 0 aliphatic heterocycles. The molecule has 1 aromatic carbocycles. The molecule has 5 heteroatoms. The summed E-state index contributed by atoms with van der Waals surface area (Å²) in [5, 5.41) is 15.4. The van der Waals surface area contributed by atoms with Crippen molar-refractivity contribution in [1.29, 1.82) is 0 Å². The summed E-state index contributed by atoms with van der Waals surface area (Å²) in [4.78, 5) is 15.9. The van der Waals surface area contributed by atoms with E-state index in [2.05, 4.69) is 10.3 Å². The molecule has 0 amide bonds. The van der Waals surface area contributed by atoms with Gasteiger partial charge < -0.3 is 5.11 Å². The van der Waals surface area contributed by atoms with Gasteiger partial charge in [-0.1, -0.05) is 43.7 Å². The Bertz CT molecular complexity index is 597. The van der Waals surface area contributed by atoms with Crippen molar-refractivity contribution in [2.45, 2.75) is 38.8 Å². The first kappa shape index (κ1) is 15.7. The zero-order valence-corrected chi connectivity index (χ0v) is 13.1. The second-order valence-corrected chi connectivity index (χ2v) is 6.11. The Labute approximate surface area is 128 Å². The number of thiazole rings is 1. The van der Waals surface area contributed by atoms with Crippen LogP contribution in [0.4, 0.5) is 0 Å². The number of rotatable bonds is 7. The second kappa shape index (κ2) is 6.83. The third-order valence-electron chi connectivity index (χ3n) is 3.45. The molecular formula is C16H20N2O2S. The first-order valence-electron chi connectivity index (χ1n) is 7.03. The summed E-state index contributed by atoms with van der Waals surface area (Å²) < 4.78 is 0. The zero-order chi connectivity index (χ0) is 15.3. The fourth-order valence-corrected chi connectivity index (χ4v) is 2.98. The molecule has 0 spiro atoms. The van der Waals surface area contributed by atoms with Crippen molar-refractivity contribution in [2.75, 3.05) is 0 Å². The van der Waals surface area contributed by atoms with Gasteiger partial charge in [-0.05, 0) is 13.3 Å². The van der Waals surface area contributed by atoms with Crippen molar-refractivity contribution < 1.29 is 9.90 Å². The number of aliphatic carboxylic acids is 1. The van der Waals surface area contributed by atoms with E-state index < -0.39 is 11.5 Å². The van der Waals surface area contributed by atoms with E-state index >= 15 is 0 Å². The number of carbonyl (C=O) groups is 1. The SMILES string of the molecule is CCCC(C)(NCc1csc(-c2ccccc2)n1)C(=O)O. The lowest BCUT2D eigenvalue weighted by Gasteiger charge is -2.25. The molecule has 2 aromatic rings. The highest BCUT2D eigenvalue weighted by Gasteiger charge is 2.31. The minimum Gasteiger partial charge on any atom is -0.480 e. The third kappa shape index (κ3) is 3.89. The van der Waals surface area contributed by atoms with Crippen LogP contribution >= 0.6 is 11.3 Å². The first-order chi connectivity index (χ1) is 10.0. The van der Waals surface area contributed by atoms with E-state index in [1.54, 1.807) is 18.3 Å². The quantitative estimate of drug-likeness (QED) is 0.821. The van der Waals surface area contributed by atoms with Gasteiger partial charge in [-0.25, -0.2) is 4.98 Å². The summed E-state index contributed by atoms with van der Waals surface area (Å²) in [6, 6.07) is 9.99. The van der Waals surface area contributed by atoms with Crippen LogP contribution in [0.15, 0.2) is 35.7 Å². The largest absolute Gasteiger partial charge is 0.480 e. The molecule has 0 bridgehead atoms. The summed E-state index contributed by atoms with van der Waals surface area (Å²) in [6.45, 7) is 4.18. The fraction of sp³-hybridized carbons (Fsp3) is 0.375. The predicted molar refractivity (Wildman–Crippen MR) is 85.3 cm³/mol. The van der Waals surface area contributed by atoms with E-state index in [1.807, 2.05) is 42.6 Å². The molecule has 2 N–H and O–H groups in total. The number of hydrogen-bond acceptors (Lipinski definition) is 4. The van der Waals surface area contributed by atoms with Gasteiger partial charge in [0.25, 0.3) is 0 Å². The van der Waals surface area contributed by atoms with Crippen molar-refractivity contribution in [3.8, 4) is 10.6 Å². The number of nitrogens with one attached hydrogen (secondary N) is 1. The number of benzene rings is 1. The van der Waals surface area contributed by atoms with Crippen LogP contribution in [0.1, 0.15) is 32.4 Å². The van der Waals surface area contributed by atoms with Crippen LogP contribution in [0.5, 0.6) is 0 Å². The number of carboxylic acid groups (broad SMARTS) is 1. The van der Waals surface area contributed by atoms with Gasteiger partial charge in [-0.15, -0.1) is 11.3 Å². The molecule has 1 unspecified atom stereocenters. The molecule has 1 atom stereocenters. The van der Waals surface area contributed by atoms with Gasteiger partial charge in [0.15, 0.2) is 0 Å². The normalized spacial score (nSPS) is 13.8. The van der Waals surface area contributed by atoms with Crippen LogP contribution in [0.2, 0.25) is 0 Å². The standard InChI is InChI=1S/C16H20N2O2S/c1-3-9-16(2,15(19)20)17-10-13-11-21-14(18-13)12-7-5-4-6-8-12/h4-8,11,17H,3,9-10H2,1-2H3,(H,19,20). The molecule has 1 heterocycles. The maximum Gasteiger partial charge on any atom is 0.323 e. The summed E-state index contributed by atoms with van der Waals surface area (Å²) in [5.41, 5.74) is 1.07. The molecule has 1 aromatic heterocycles. The highest BCUT2D eigenvalue weighted by molar-refractivity contribution is 7.13. The lowest BCUT2D eigenvalue weighted by atomic mass is 9.96. The number of carboxylic acids is 1. The molecule has 4 nitrogen and oxygen atoms in total. The van der Waals surface area contributed by atoms with Crippen molar-refractivity contribution in [1.82, 2.24) is 10.3 Å². The van der Waals surface area contributed by atoms with Crippen molar-refractivity contribution >= 4 is 17.3 Å². The monoisotopic (exact) mass is 304 g/mol. The van der Waals surface area contributed by atoms with E-state index in [0.29, 0.717) is 13.0 Å². The van der Waals surface area contributed by atoms with Gasteiger partial charge in [0.05, 0.1) is 5.69 Å². The first-order valence-corrected chi connectivity index (χ1v) is 7.91. The number of nitrogens with zero attached hydrogens (tertiary/aromatic N) is 1. The molecule has 0 saturated heterocycles. The Morgan fingerprint density at radius 2 is 2.10 bits per heavy atom. The summed E-state index contributed by atoms with van der Waals surface area (Å²) in [6.07, 6.45) is 1.42. The van der Waals surface area contributed by atoms with Crippen molar-refractivity contribution in [3.63, 3.8) is 0 Å². The molecule has 21 heavy (non-hydrogen) atoms. The molecule has 0 saturated carbocycles. The summed E-state index contributed by atoms with van der Waals surface area (Å²) in [5.74, 6) is -0.817. The highest BCUT2D eigenvalue weighted by atomic mass is 32.1. The Hall–Kier alpha value is -1.72. The minimum atomic E-state index is -0.898. The average Bonchev–Trinajstić information content (AvgIpc) is 2.95. The van der Waals surface area contributed by atoms with Crippen molar-refractivity contribution in [3.05, 3.63) is 41.4 Å². The average molecular weight is 304 g/mol. The Kier molecular flexibility index (Phi) is 5.09. The topological polar surface area (TPSA) is 62.2 Å². The lowest BCUT2D eigenvalue weighted by Crippen LogP contribution is -2.48. The predicted octanol–water partition coefficient (Wildman–Crippen LogP) is 3.54. The van der Waals surface area contributed by atoms with Crippen LogP contribution in [0.3, 0.4) is 0 Å². The van der Waals surface area contributed by atoms with Gasteiger partial charge >= 0.3 is 5.97 Å². The van der Waals surface area contributed by atoms with Gasteiger partial charge in [0, 0.05) is 17.5 Å². The van der Waals surface area contributed by atoms with E-state index in [0.717, 1.165) is 22.7 Å². The number of hydrogen-bond donors (Lipinski definition) is 2. The van der Waals surface area contributed by atoms with Gasteiger partial charge in [0.1, 0.15) is 10.5 Å². The van der Waals surface area contributed by atoms with Crippen LogP contribution in [-0.2, 0) is 11.3 Å². The van der Waals surface area contributed by atoms with Crippen LogP contribution in [0, 0.1) is 0 Å². The van der Waals surface area contributed by atoms with E-state index in [-0.39, 0.29) is 0 Å². The minimum absolute atomic E-state index is 0.464. The van der Waals surface area contributed by atoms with E-state index in [9.17, 15) is 9.90 Å². The molecule has 112 valence electrons. The Morgan fingerprint density at radius 1 is 1.38 bits per heavy atom. The van der Waals surface area contributed by atoms with Crippen molar-refractivity contribution in [2.24, 2.45) is 0 Å². The molecule has 0 radical (unpaired) electrons. The molecular weight excluding hydrogens is 284 g/mol. The lowest BCUT2D eigenvalue weighted by molar-refractivity contribution is -0.144. The maximum atomic E-state index is 11.4. The van der Waals surface area contributed by atoms with Crippen LogP contribution in [0.25, 0.3) is 10.6 Å². The Balaban J connectivity index is 2.04. The highest BCUT2D eigenvalue weighted by Crippen LogP contribution is 2.23.